The predicted octanol–water partition coefficient (Wildman–Crippen LogP) is 2.95. The monoisotopic (exact) mass is 377 g/mol. The number of amides is 2. The van der Waals surface area contributed by atoms with Gasteiger partial charge in [0.05, 0.1) is 35.6 Å². The van der Waals surface area contributed by atoms with Crippen LogP contribution in [0.25, 0.3) is 0 Å². The molecular formula is C21H19N3O4. The molecule has 2 unspecified atom stereocenters. The summed E-state index contributed by atoms with van der Waals surface area (Å²) >= 11 is 0. The third-order valence-corrected chi connectivity index (χ3v) is 4.41. The number of nitrogens with one attached hydrogen (secondary N) is 2. The van der Waals surface area contributed by atoms with Gasteiger partial charge in [-0.05, 0) is 61.9 Å². The lowest BCUT2D eigenvalue weighted by Crippen LogP contribution is -2.20. The van der Waals surface area contributed by atoms with E-state index in [0.717, 1.165) is 0 Å². The summed E-state index contributed by atoms with van der Waals surface area (Å²) in [6.45, 7) is 2.03. The first-order chi connectivity index (χ1) is 13.5. The van der Waals surface area contributed by atoms with E-state index in [9.17, 15) is 14.4 Å². The van der Waals surface area contributed by atoms with Crippen molar-refractivity contribution in [2.24, 2.45) is 11.8 Å². The molecule has 2 aromatic rings. The van der Waals surface area contributed by atoms with Crippen LogP contribution in [0.4, 0.5) is 11.4 Å². The Labute approximate surface area is 162 Å². The zero-order valence-electron chi connectivity index (χ0n) is 15.3. The average molecular weight is 377 g/mol. The molecule has 0 heterocycles. The van der Waals surface area contributed by atoms with Gasteiger partial charge in [-0.2, -0.15) is 5.26 Å². The summed E-state index contributed by atoms with van der Waals surface area (Å²) in [5.74, 6) is -1.63. The Bertz CT molecular complexity index is 930. The number of anilines is 2. The SMILES string of the molecule is CCOC(=O)c1ccc(NC(=O)C2CC2C(=O)Nc2ccc(C#N)cc2)cc1. The van der Waals surface area contributed by atoms with E-state index in [0.29, 0.717) is 35.5 Å². The third-order valence-electron chi connectivity index (χ3n) is 4.41. The highest BCUT2D eigenvalue weighted by Gasteiger charge is 2.48. The minimum Gasteiger partial charge on any atom is -0.462 e. The summed E-state index contributed by atoms with van der Waals surface area (Å²) in [7, 11) is 0. The van der Waals surface area contributed by atoms with Crippen LogP contribution < -0.4 is 10.6 Å². The highest BCUT2D eigenvalue weighted by Crippen LogP contribution is 2.40. The maximum atomic E-state index is 12.3. The molecule has 1 aliphatic rings. The normalized spacial score (nSPS) is 17.1. The molecule has 0 spiro atoms. The zero-order valence-corrected chi connectivity index (χ0v) is 15.3. The van der Waals surface area contributed by atoms with Gasteiger partial charge in [-0.25, -0.2) is 4.79 Å². The van der Waals surface area contributed by atoms with Crippen molar-refractivity contribution in [3.63, 3.8) is 0 Å². The maximum Gasteiger partial charge on any atom is 0.338 e. The Morgan fingerprint density at radius 1 is 0.964 bits per heavy atom. The second kappa shape index (κ2) is 8.35. The summed E-state index contributed by atoms with van der Waals surface area (Å²) < 4.78 is 4.91. The summed E-state index contributed by atoms with van der Waals surface area (Å²) in [6, 6.07) is 15.0. The number of ether oxygens (including phenoxy) is 1. The lowest BCUT2D eigenvalue weighted by Gasteiger charge is -2.07. The fourth-order valence-corrected chi connectivity index (χ4v) is 2.78. The van der Waals surface area contributed by atoms with Gasteiger partial charge in [0.1, 0.15) is 0 Å². The van der Waals surface area contributed by atoms with E-state index in [2.05, 4.69) is 10.6 Å². The molecule has 1 saturated carbocycles. The number of nitrogens with zero attached hydrogens (tertiary/aromatic N) is 1. The maximum absolute atomic E-state index is 12.3. The van der Waals surface area contributed by atoms with Crippen molar-refractivity contribution < 1.29 is 19.1 Å². The zero-order chi connectivity index (χ0) is 20.1. The Hall–Kier alpha value is -3.66. The smallest absolute Gasteiger partial charge is 0.338 e. The molecule has 0 aromatic heterocycles. The van der Waals surface area contributed by atoms with Crippen molar-refractivity contribution in [2.45, 2.75) is 13.3 Å². The van der Waals surface area contributed by atoms with Crippen LogP contribution in [0.1, 0.15) is 29.3 Å². The van der Waals surface area contributed by atoms with E-state index in [4.69, 9.17) is 10.00 Å². The van der Waals surface area contributed by atoms with Crippen LogP contribution in [0.3, 0.4) is 0 Å². The van der Waals surface area contributed by atoms with Crippen molar-refractivity contribution >= 4 is 29.2 Å². The van der Waals surface area contributed by atoms with Gasteiger partial charge < -0.3 is 15.4 Å². The van der Waals surface area contributed by atoms with E-state index in [1.807, 2.05) is 6.07 Å². The van der Waals surface area contributed by atoms with Crippen molar-refractivity contribution in [2.75, 3.05) is 17.2 Å². The van der Waals surface area contributed by atoms with Crippen molar-refractivity contribution in [3.8, 4) is 6.07 Å². The van der Waals surface area contributed by atoms with Crippen molar-refractivity contribution in [1.82, 2.24) is 0 Å². The van der Waals surface area contributed by atoms with Gasteiger partial charge in [-0.3, -0.25) is 9.59 Å². The predicted molar refractivity (Wildman–Crippen MR) is 102 cm³/mol. The van der Waals surface area contributed by atoms with E-state index in [1.54, 1.807) is 55.5 Å². The Kier molecular flexibility index (Phi) is 5.70. The van der Waals surface area contributed by atoms with Crippen LogP contribution >= 0.6 is 0 Å². The molecule has 0 radical (unpaired) electrons. The number of carbonyl (C=O) groups excluding carboxylic acids is 3. The fourth-order valence-electron chi connectivity index (χ4n) is 2.78. The molecule has 0 aliphatic heterocycles. The highest BCUT2D eigenvalue weighted by molar-refractivity contribution is 6.03. The van der Waals surface area contributed by atoms with E-state index >= 15 is 0 Å². The number of benzene rings is 2. The van der Waals surface area contributed by atoms with Gasteiger partial charge in [0.15, 0.2) is 0 Å². The molecule has 28 heavy (non-hydrogen) atoms. The van der Waals surface area contributed by atoms with Crippen LogP contribution in [0, 0.1) is 23.2 Å². The topological polar surface area (TPSA) is 108 Å². The molecule has 0 saturated heterocycles. The number of carbonyl (C=O) groups is 3. The van der Waals surface area contributed by atoms with Crippen molar-refractivity contribution in [1.29, 1.82) is 5.26 Å². The lowest BCUT2D eigenvalue weighted by molar-refractivity contribution is -0.122. The number of hydrogen-bond acceptors (Lipinski definition) is 5. The molecule has 0 bridgehead atoms. The number of nitriles is 1. The summed E-state index contributed by atoms with van der Waals surface area (Å²) in [4.78, 5) is 36.2. The van der Waals surface area contributed by atoms with Crippen LogP contribution in [0.15, 0.2) is 48.5 Å². The van der Waals surface area contributed by atoms with E-state index < -0.39 is 5.97 Å². The Balaban J connectivity index is 1.51. The fraction of sp³-hybridized carbons (Fsp3) is 0.238. The number of esters is 1. The second-order valence-electron chi connectivity index (χ2n) is 6.41. The van der Waals surface area contributed by atoms with Crippen LogP contribution in [0.5, 0.6) is 0 Å². The van der Waals surface area contributed by atoms with Gasteiger partial charge in [-0.1, -0.05) is 0 Å². The minimum absolute atomic E-state index is 0.220. The van der Waals surface area contributed by atoms with Gasteiger partial charge in [0, 0.05) is 11.4 Å². The molecule has 1 aliphatic carbocycles. The van der Waals surface area contributed by atoms with Crippen molar-refractivity contribution in [3.05, 3.63) is 59.7 Å². The summed E-state index contributed by atoms with van der Waals surface area (Å²) in [6.07, 6.45) is 0.481. The molecule has 7 heteroatoms. The molecular weight excluding hydrogens is 358 g/mol. The standard InChI is InChI=1S/C21H19N3O4/c1-2-28-21(27)14-5-9-16(10-6-14)24-20(26)18-11-17(18)19(25)23-15-7-3-13(12-22)4-8-15/h3-10,17-18H,2,11H2,1H3,(H,23,25)(H,24,26). The molecule has 2 atom stereocenters. The first-order valence-corrected chi connectivity index (χ1v) is 8.91. The van der Waals surface area contributed by atoms with Crippen LogP contribution in [-0.2, 0) is 14.3 Å². The van der Waals surface area contributed by atoms with Gasteiger partial charge >= 0.3 is 5.97 Å². The van der Waals surface area contributed by atoms with Gasteiger partial charge in [0.2, 0.25) is 11.8 Å². The molecule has 2 aromatic carbocycles. The summed E-state index contributed by atoms with van der Waals surface area (Å²) in [5, 5.41) is 14.3. The Morgan fingerprint density at radius 3 is 1.93 bits per heavy atom. The highest BCUT2D eigenvalue weighted by atomic mass is 16.5. The molecule has 142 valence electrons. The average Bonchev–Trinajstić information content (AvgIpc) is 3.50. The largest absolute Gasteiger partial charge is 0.462 e. The van der Waals surface area contributed by atoms with E-state index in [1.165, 1.54) is 0 Å². The molecule has 2 amide bonds. The second-order valence-corrected chi connectivity index (χ2v) is 6.41. The molecule has 1 fully saturated rings. The molecule has 7 nitrogen and oxygen atoms in total. The minimum atomic E-state index is -0.415. The quantitative estimate of drug-likeness (QED) is 0.753. The van der Waals surface area contributed by atoms with Gasteiger partial charge in [0.25, 0.3) is 0 Å². The lowest BCUT2D eigenvalue weighted by atomic mass is 10.2. The van der Waals surface area contributed by atoms with Crippen LogP contribution in [0.2, 0.25) is 0 Å². The van der Waals surface area contributed by atoms with Crippen LogP contribution in [-0.4, -0.2) is 24.4 Å². The molecule has 2 N–H and O–H groups in total. The third kappa shape index (κ3) is 4.54. The summed E-state index contributed by atoms with van der Waals surface area (Å²) in [5.41, 5.74) is 2.06. The Morgan fingerprint density at radius 2 is 1.46 bits per heavy atom. The first kappa shape index (κ1) is 19.1. The number of hydrogen-bond donors (Lipinski definition) is 2. The first-order valence-electron chi connectivity index (χ1n) is 8.91. The van der Waals surface area contributed by atoms with Gasteiger partial charge in [-0.15, -0.1) is 0 Å². The molecule has 3 rings (SSSR count). The number of rotatable bonds is 6. The van der Waals surface area contributed by atoms with E-state index in [-0.39, 0.29) is 23.7 Å².